The molecule has 0 amide bonds. The lowest BCUT2D eigenvalue weighted by molar-refractivity contribution is 0.0991. The third-order valence-electron chi connectivity index (χ3n) is 7.05. The number of nitrogens with zero attached hydrogens (tertiary/aromatic N) is 3. The molecule has 3 heterocycles. The van der Waals surface area contributed by atoms with E-state index >= 15 is 4.39 Å². The van der Waals surface area contributed by atoms with Crippen LogP contribution >= 0.6 is 0 Å². The quantitative estimate of drug-likeness (QED) is 0.138. The number of methoxy groups -OCH3 is 2. The number of aromatic nitrogens is 3. The molecule has 2 aromatic carbocycles. The standard InChI is InChI=1S/C33H29F2N3O6/c1-19-30(21-6-8-22(34)9-7-21)32(40)23(18-38(19)2)26(39)16-20-5-10-27(24(35)15-20)44-28-11-12-36-25-17-29(42-4)33(37-31(25)28)43-14-13-41-3/h5-12,15,17-18H,13-14,16H2,1-4H3. The molecule has 5 rings (SSSR count). The SMILES string of the molecule is COCCOc1nc2c(Oc3ccc(CC(=O)c4cn(C)c(C)c(-c5ccc(F)cc5)c4=O)cc3F)ccnc2cc1OC. The molecule has 0 radical (unpaired) electrons. The van der Waals surface area contributed by atoms with Gasteiger partial charge in [-0.3, -0.25) is 14.6 Å². The van der Waals surface area contributed by atoms with Crippen LogP contribution in [0.25, 0.3) is 22.2 Å². The van der Waals surface area contributed by atoms with Crippen LogP contribution in [-0.4, -0.2) is 47.8 Å². The maximum atomic E-state index is 15.3. The van der Waals surface area contributed by atoms with E-state index in [0.717, 1.165) is 0 Å². The van der Waals surface area contributed by atoms with Gasteiger partial charge in [-0.15, -0.1) is 0 Å². The molecular formula is C33H29F2N3O6. The number of hydrogen-bond donors (Lipinski definition) is 0. The van der Waals surface area contributed by atoms with Crippen LogP contribution in [0.2, 0.25) is 0 Å². The van der Waals surface area contributed by atoms with Gasteiger partial charge in [-0.25, -0.2) is 13.8 Å². The van der Waals surface area contributed by atoms with Crippen molar-refractivity contribution in [1.82, 2.24) is 14.5 Å². The maximum Gasteiger partial charge on any atom is 0.257 e. The second kappa shape index (κ2) is 13.0. The highest BCUT2D eigenvalue weighted by Crippen LogP contribution is 2.35. The predicted octanol–water partition coefficient (Wildman–Crippen LogP) is 5.83. The Kier molecular flexibility index (Phi) is 8.96. The Morgan fingerprint density at radius 1 is 0.955 bits per heavy atom. The Labute approximate surface area is 251 Å². The number of pyridine rings is 3. The number of ketones is 1. The second-order valence-corrected chi connectivity index (χ2v) is 9.93. The minimum absolute atomic E-state index is 0.0496. The molecule has 0 unspecified atom stereocenters. The highest BCUT2D eigenvalue weighted by atomic mass is 19.1. The van der Waals surface area contributed by atoms with Gasteiger partial charge in [0.1, 0.15) is 17.9 Å². The van der Waals surface area contributed by atoms with Crippen molar-refractivity contribution in [3.63, 3.8) is 0 Å². The zero-order chi connectivity index (χ0) is 31.4. The van der Waals surface area contributed by atoms with E-state index in [1.807, 2.05) is 0 Å². The summed E-state index contributed by atoms with van der Waals surface area (Å²) in [5, 5.41) is 0. The van der Waals surface area contributed by atoms with E-state index in [-0.39, 0.29) is 36.0 Å². The van der Waals surface area contributed by atoms with Crippen molar-refractivity contribution in [2.75, 3.05) is 27.4 Å². The first-order valence-corrected chi connectivity index (χ1v) is 13.6. The number of carbonyl (C=O) groups is 1. The minimum Gasteiger partial charge on any atom is -0.491 e. The molecule has 0 aliphatic heterocycles. The highest BCUT2D eigenvalue weighted by molar-refractivity contribution is 5.98. The molecule has 0 N–H and O–H groups in total. The van der Waals surface area contributed by atoms with Crippen molar-refractivity contribution in [2.45, 2.75) is 13.3 Å². The number of halogens is 2. The first kappa shape index (κ1) is 30.3. The summed E-state index contributed by atoms with van der Waals surface area (Å²) in [7, 11) is 4.75. The van der Waals surface area contributed by atoms with Crippen molar-refractivity contribution in [3.05, 3.63) is 106 Å². The molecule has 0 aliphatic rings. The molecular weight excluding hydrogens is 572 g/mol. The highest BCUT2D eigenvalue weighted by Gasteiger charge is 2.20. The normalized spacial score (nSPS) is 11.0. The Balaban J connectivity index is 1.40. The fraction of sp³-hybridized carbons (Fsp3) is 0.212. The van der Waals surface area contributed by atoms with Crippen LogP contribution in [0.1, 0.15) is 21.6 Å². The molecule has 0 atom stereocenters. The van der Waals surface area contributed by atoms with Crippen LogP contribution in [0.5, 0.6) is 23.1 Å². The Morgan fingerprint density at radius 3 is 2.43 bits per heavy atom. The molecule has 0 aliphatic carbocycles. The molecule has 0 spiro atoms. The van der Waals surface area contributed by atoms with Crippen molar-refractivity contribution in [1.29, 1.82) is 0 Å². The Morgan fingerprint density at radius 2 is 1.73 bits per heavy atom. The van der Waals surface area contributed by atoms with Crippen LogP contribution in [0, 0.1) is 18.6 Å². The molecule has 9 nitrogen and oxygen atoms in total. The molecule has 0 saturated heterocycles. The molecule has 3 aromatic heterocycles. The van der Waals surface area contributed by atoms with Gasteiger partial charge in [0.2, 0.25) is 0 Å². The monoisotopic (exact) mass is 601 g/mol. The van der Waals surface area contributed by atoms with E-state index in [1.165, 1.54) is 55.9 Å². The summed E-state index contributed by atoms with van der Waals surface area (Å²) in [5.41, 5.74) is 2.02. The average Bonchev–Trinajstić information content (AvgIpc) is 3.01. The summed E-state index contributed by atoms with van der Waals surface area (Å²) in [4.78, 5) is 35.4. The van der Waals surface area contributed by atoms with Gasteiger partial charge < -0.3 is 23.5 Å². The molecule has 0 bridgehead atoms. The number of rotatable bonds is 11. The zero-order valence-electron chi connectivity index (χ0n) is 24.5. The van der Waals surface area contributed by atoms with Gasteiger partial charge in [0.25, 0.3) is 5.88 Å². The number of benzene rings is 2. The van der Waals surface area contributed by atoms with Crippen LogP contribution in [0.3, 0.4) is 0 Å². The third-order valence-corrected chi connectivity index (χ3v) is 7.05. The molecule has 5 aromatic rings. The lowest BCUT2D eigenvalue weighted by Crippen LogP contribution is -2.22. The summed E-state index contributed by atoms with van der Waals surface area (Å²) in [6.07, 6.45) is 2.74. The number of fused-ring (bicyclic) bond motifs is 1. The predicted molar refractivity (Wildman–Crippen MR) is 160 cm³/mol. The number of hydrogen-bond acceptors (Lipinski definition) is 8. The largest absolute Gasteiger partial charge is 0.491 e. The van der Waals surface area contributed by atoms with Crippen LogP contribution in [-0.2, 0) is 18.2 Å². The van der Waals surface area contributed by atoms with E-state index in [4.69, 9.17) is 18.9 Å². The van der Waals surface area contributed by atoms with Gasteiger partial charge in [0.15, 0.2) is 34.3 Å². The fourth-order valence-electron chi connectivity index (χ4n) is 4.68. The molecule has 11 heteroatoms. The van der Waals surface area contributed by atoms with Gasteiger partial charge in [-0.05, 0) is 42.3 Å². The lowest BCUT2D eigenvalue weighted by atomic mass is 9.97. The topological polar surface area (TPSA) is 102 Å². The minimum atomic E-state index is -0.714. The second-order valence-electron chi connectivity index (χ2n) is 9.93. The van der Waals surface area contributed by atoms with E-state index in [1.54, 1.807) is 43.8 Å². The van der Waals surface area contributed by atoms with Gasteiger partial charge in [0, 0.05) is 56.4 Å². The summed E-state index contributed by atoms with van der Waals surface area (Å²) >= 11 is 0. The first-order chi connectivity index (χ1) is 21.2. The first-order valence-electron chi connectivity index (χ1n) is 13.6. The van der Waals surface area contributed by atoms with E-state index in [2.05, 4.69) is 9.97 Å². The molecule has 0 saturated carbocycles. The molecule has 226 valence electrons. The smallest absolute Gasteiger partial charge is 0.257 e. The number of ether oxygens (including phenoxy) is 4. The van der Waals surface area contributed by atoms with Crippen molar-refractivity contribution in [3.8, 4) is 34.3 Å². The maximum absolute atomic E-state index is 15.3. The van der Waals surface area contributed by atoms with Crippen molar-refractivity contribution in [2.24, 2.45) is 7.05 Å². The van der Waals surface area contributed by atoms with Gasteiger partial charge in [-0.1, -0.05) is 18.2 Å². The Bertz CT molecular complexity index is 1910. The van der Waals surface area contributed by atoms with Gasteiger partial charge in [-0.2, -0.15) is 0 Å². The fourth-order valence-corrected chi connectivity index (χ4v) is 4.68. The van der Waals surface area contributed by atoms with Crippen LogP contribution in [0.4, 0.5) is 8.78 Å². The van der Waals surface area contributed by atoms with Crippen LogP contribution in [0.15, 0.2) is 71.8 Å². The Hall–Kier alpha value is -5.16. The lowest BCUT2D eigenvalue weighted by Gasteiger charge is -2.14. The van der Waals surface area contributed by atoms with Gasteiger partial charge >= 0.3 is 0 Å². The van der Waals surface area contributed by atoms with Gasteiger partial charge in [0.05, 0.1) is 24.8 Å². The van der Waals surface area contributed by atoms with Crippen LogP contribution < -0.4 is 19.6 Å². The number of Topliss-reactive ketones (excluding diaryl/α,β-unsaturated/α-hetero) is 1. The summed E-state index contributed by atoms with van der Waals surface area (Å²) < 4.78 is 52.4. The van der Waals surface area contributed by atoms with E-state index in [9.17, 15) is 14.0 Å². The van der Waals surface area contributed by atoms with Crippen molar-refractivity contribution < 1.29 is 32.5 Å². The zero-order valence-corrected chi connectivity index (χ0v) is 24.5. The van der Waals surface area contributed by atoms with E-state index < -0.39 is 22.8 Å². The molecule has 44 heavy (non-hydrogen) atoms. The summed E-state index contributed by atoms with van der Waals surface area (Å²) in [6, 6.07) is 12.8. The number of aryl methyl sites for hydroxylation is 1. The third kappa shape index (κ3) is 6.28. The molecule has 0 fully saturated rings. The summed E-state index contributed by atoms with van der Waals surface area (Å²) in [5.74, 6) is -0.933. The summed E-state index contributed by atoms with van der Waals surface area (Å²) in [6.45, 7) is 2.32. The van der Waals surface area contributed by atoms with E-state index in [0.29, 0.717) is 45.8 Å². The van der Waals surface area contributed by atoms with Crippen molar-refractivity contribution >= 4 is 16.8 Å². The average molecular weight is 602 g/mol. The number of carbonyl (C=O) groups excluding carboxylic acids is 1.